The predicted molar refractivity (Wildman–Crippen MR) is 98.4 cm³/mol. The summed E-state index contributed by atoms with van der Waals surface area (Å²) in [4.78, 5) is 2.37. The molecule has 2 rings (SSSR count). The maximum Gasteiger partial charge on any atom is 0.243 e. The van der Waals surface area contributed by atoms with Crippen LogP contribution in [0.5, 0.6) is 0 Å². The van der Waals surface area contributed by atoms with Crippen LogP contribution in [0.4, 0.5) is 0 Å². The molecule has 0 atom stereocenters. The normalized spacial score (nSPS) is 16.6. The van der Waals surface area contributed by atoms with Crippen molar-refractivity contribution in [1.29, 1.82) is 0 Å². The second-order valence-corrected chi connectivity index (χ2v) is 8.08. The first-order valence-corrected chi connectivity index (χ1v) is 9.90. The third-order valence-electron chi connectivity index (χ3n) is 3.83. The highest BCUT2D eigenvalue weighted by Crippen LogP contribution is 2.28. The van der Waals surface area contributed by atoms with Gasteiger partial charge < -0.3 is 4.90 Å². The van der Waals surface area contributed by atoms with Crippen LogP contribution in [-0.2, 0) is 10.0 Å². The number of halogens is 3. The quantitative estimate of drug-likeness (QED) is 0.734. The van der Waals surface area contributed by atoms with E-state index in [2.05, 4.69) is 9.62 Å². The summed E-state index contributed by atoms with van der Waals surface area (Å²) in [5.74, 6) is 0. The molecule has 23 heavy (non-hydrogen) atoms. The fourth-order valence-corrected chi connectivity index (χ4v) is 4.89. The summed E-state index contributed by atoms with van der Waals surface area (Å²) in [6.07, 6.45) is 5.85. The number of nitrogens with one attached hydrogen (secondary N) is 1. The Balaban J connectivity index is 0.00000264. The Kier molecular flexibility index (Phi) is 9.19. The fourth-order valence-electron chi connectivity index (χ4n) is 2.68. The Morgan fingerprint density at radius 1 is 1.04 bits per heavy atom. The molecule has 132 valence electrons. The number of likely N-dealkylation sites (tertiary alicyclic amines) is 1. The van der Waals surface area contributed by atoms with Crippen LogP contribution < -0.4 is 4.72 Å². The summed E-state index contributed by atoms with van der Waals surface area (Å²) >= 11 is 11.9. The van der Waals surface area contributed by atoms with Crippen LogP contribution in [-0.4, -0.2) is 39.5 Å². The summed E-state index contributed by atoms with van der Waals surface area (Å²) < 4.78 is 27.2. The van der Waals surface area contributed by atoms with E-state index in [1.54, 1.807) is 6.07 Å². The highest BCUT2D eigenvalue weighted by Gasteiger charge is 2.21. The zero-order valence-corrected chi connectivity index (χ0v) is 16.1. The molecule has 1 N–H and O–H groups in total. The number of nitrogens with zero attached hydrogens (tertiary/aromatic N) is 1. The van der Waals surface area contributed by atoms with Crippen molar-refractivity contribution in [2.75, 3.05) is 26.2 Å². The minimum absolute atomic E-state index is 0. The van der Waals surface area contributed by atoms with E-state index in [1.165, 1.54) is 37.8 Å². The molecule has 0 bridgehead atoms. The molecule has 0 amide bonds. The van der Waals surface area contributed by atoms with Crippen molar-refractivity contribution in [2.24, 2.45) is 0 Å². The first-order chi connectivity index (χ1) is 10.5. The minimum Gasteiger partial charge on any atom is -0.303 e. The molecule has 1 aromatic carbocycles. The highest BCUT2D eigenvalue weighted by atomic mass is 35.5. The smallest absolute Gasteiger partial charge is 0.243 e. The highest BCUT2D eigenvalue weighted by molar-refractivity contribution is 7.89. The average Bonchev–Trinajstić information content (AvgIpc) is 2.72. The van der Waals surface area contributed by atoms with Crippen molar-refractivity contribution in [3.05, 3.63) is 28.2 Å². The largest absolute Gasteiger partial charge is 0.303 e. The molecule has 0 saturated carbocycles. The van der Waals surface area contributed by atoms with E-state index in [9.17, 15) is 8.42 Å². The van der Waals surface area contributed by atoms with Crippen LogP contribution in [0.2, 0.25) is 10.0 Å². The molecule has 0 aromatic heterocycles. The molecule has 1 heterocycles. The van der Waals surface area contributed by atoms with Crippen LogP contribution >= 0.6 is 35.6 Å². The molecule has 1 aliphatic rings. The summed E-state index contributed by atoms with van der Waals surface area (Å²) in [5, 5.41) is 0.292. The topological polar surface area (TPSA) is 49.4 Å². The van der Waals surface area contributed by atoms with Crippen LogP contribution in [0.25, 0.3) is 0 Å². The number of hydrogen-bond donors (Lipinski definition) is 1. The Bertz CT molecular complexity index is 568. The molecular weight excluding hydrogens is 379 g/mol. The molecule has 4 nitrogen and oxygen atoms in total. The molecule has 1 aliphatic heterocycles. The molecule has 1 aromatic rings. The molecule has 0 aliphatic carbocycles. The van der Waals surface area contributed by atoms with Gasteiger partial charge in [-0.05, 0) is 51.0 Å². The van der Waals surface area contributed by atoms with Gasteiger partial charge in [-0.3, -0.25) is 0 Å². The second kappa shape index (κ2) is 10.1. The van der Waals surface area contributed by atoms with Crippen molar-refractivity contribution in [3.8, 4) is 0 Å². The lowest BCUT2D eigenvalue weighted by Gasteiger charge is -2.19. The monoisotopic (exact) mass is 400 g/mol. The minimum atomic E-state index is -3.66. The lowest BCUT2D eigenvalue weighted by molar-refractivity contribution is 0.282. The molecule has 1 saturated heterocycles. The van der Waals surface area contributed by atoms with Gasteiger partial charge in [0.1, 0.15) is 4.90 Å². The van der Waals surface area contributed by atoms with E-state index in [0.29, 0.717) is 6.54 Å². The standard InChI is InChI=1S/C15H22Cl2N2O2S.ClH/c16-13-7-5-8-14(17)15(13)22(20,21)18-9-6-12-19-10-3-1-2-4-11-19;/h5,7-8,18H,1-4,6,9-12H2;1H. The first-order valence-electron chi connectivity index (χ1n) is 7.67. The SMILES string of the molecule is Cl.O=S(=O)(NCCCN1CCCCCC1)c1c(Cl)cccc1Cl. The molecular formula is C15H23Cl3N2O2S. The van der Waals surface area contributed by atoms with Gasteiger partial charge in [0, 0.05) is 6.54 Å². The van der Waals surface area contributed by atoms with Gasteiger partial charge >= 0.3 is 0 Å². The zero-order valence-electron chi connectivity index (χ0n) is 12.9. The van der Waals surface area contributed by atoms with Crippen molar-refractivity contribution in [2.45, 2.75) is 37.0 Å². The van der Waals surface area contributed by atoms with Crippen LogP contribution in [0.15, 0.2) is 23.1 Å². The van der Waals surface area contributed by atoms with Gasteiger partial charge in [-0.2, -0.15) is 0 Å². The van der Waals surface area contributed by atoms with E-state index >= 15 is 0 Å². The lowest BCUT2D eigenvalue weighted by Crippen LogP contribution is -2.31. The summed E-state index contributed by atoms with van der Waals surface area (Å²) in [6, 6.07) is 4.68. The summed E-state index contributed by atoms with van der Waals surface area (Å²) in [5.41, 5.74) is 0. The predicted octanol–water partition coefficient (Wildman–Crippen LogP) is 3.96. The molecule has 0 unspecified atom stereocenters. The maximum atomic E-state index is 12.3. The Morgan fingerprint density at radius 2 is 1.61 bits per heavy atom. The number of hydrogen-bond acceptors (Lipinski definition) is 3. The van der Waals surface area contributed by atoms with Crippen LogP contribution in [0.1, 0.15) is 32.1 Å². The van der Waals surface area contributed by atoms with Gasteiger partial charge in [0.2, 0.25) is 10.0 Å². The number of sulfonamides is 1. The van der Waals surface area contributed by atoms with E-state index < -0.39 is 10.0 Å². The van der Waals surface area contributed by atoms with Gasteiger partial charge in [0.15, 0.2) is 0 Å². The van der Waals surface area contributed by atoms with Crippen LogP contribution in [0.3, 0.4) is 0 Å². The van der Waals surface area contributed by atoms with Crippen molar-refractivity contribution >= 4 is 45.6 Å². The third kappa shape index (κ3) is 6.40. The maximum absolute atomic E-state index is 12.3. The van der Waals surface area contributed by atoms with Gasteiger partial charge in [-0.25, -0.2) is 13.1 Å². The Morgan fingerprint density at radius 3 is 2.17 bits per heavy atom. The Hall–Kier alpha value is -0.0400. The molecule has 1 fully saturated rings. The molecule has 0 spiro atoms. The van der Waals surface area contributed by atoms with Crippen LogP contribution in [0, 0.1) is 0 Å². The summed E-state index contributed by atoms with van der Waals surface area (Å²) in [7, 11) is -3.66. The van der Waals surface area contributed by atoms with Gasteiger partial charge in [0.25, 0.3) is 0 Å². The van der Waals surface area contributed by atoms with E-state index in [4.69, 9.17) is 23.2 Å². The average molecular weight is 402 g/mol. The molecule has 8 heteroatoms. The van der Waals surface area contributed by atoms with Crippen molar-refractivity contribution in [3.63, 3.8) is 0 Å². The number of benzene rings is 1. The second-order valence-electron chi connectivity index (χ2n) is 5.56. The fraction of sp³-hybridized carbons (Fsp3) is 0.600. The Labute approximate surface area is 155 Å². The first kappa shape index (κ1) is 21.0. The van der Waals surface area contributed by atoms with Crippen molar-refractivity contribution < 1.29 is 8.42 Å². The third-order valence-corrected chi connectivity index (χ3v) is 6.25. The van der Waals surface area contributed by atoms with Gasteiger partial charge in [-0.15, -0.1) is 12.4 Å². The van der Waals surface area contributed by atoms with E-state index in [0.717, 1.165) is 26.1 Å². The van der Waals surface area contributed by atoms with Crippen molar-refractivity contribution in [1.82, 2.24) is 9.62 Å². The van der Waals surface area contributed by atoms with Gasteiger partial charge in [0.05, 0.1) is 10.0 Å². The lowest BCUT2D eigenvalue weighted by atomic mass is 10.2. The summed E-state index contributed by atoms with van der Waals surface area (Å²) in [6.45, 7) is 3.53. The zero-order chi connectivity index (χ0) is 16.0. The van der Waals surface area contributed by atoms with E-state index in [1.807, 2.05) is 0 Å². The number of rotatable bonds is 6. The van der Waals surface area contributed by atoms with Gasteiger partial charge in [-0.1, -0.05) is 42.1 Å². The van der Waals surface area contributed by atoms with E-state index in [-0.39, 0.29) is 27.3 Å². The molecule has 0 radical (unpaired) electrons.